The Bertz CT molecular complexity index is 1520. The average Bonchev–Trinajstić information content (AvgIpc) is 3.73. The zero-order valence-electron chi connectivity index (χ0n) is 22.5. The number of amides is 2. The first-order chi connectivity index (χ1) is 20.4. The van der Waals surface area contributed by atoms with Crippen molar-refractivity contribution in [2.45, 2.75) is 19.5 Å². The molecule has 1 aromatic carbocycles. The van der Waals surface area contributed by atoms with Crippen molar-refractivity contribution in [1.82, 2.24) is 34.6 Å². The van der Waals surface area contributed by atoms with Crippen LogP contribution in [0.2, 0.25) is 5.02 Å². The van der Waals surface area contributed by atoms with Crippen molar-refractivity contribution >= 4 is 34.7 Å². The Morgan fingerprint density at radius 3 is 2.79 bits per heavy atom. The predicted molar refractivity (Wildman–Crippen MR) is 150 cm³/mol. The number of halogens is 3. The van der Waals surface area contributed by atoms with Crippen molar-refractivity contribution in [3.8, 4) is 17.0 Å². The third kappa shape index (κ3) is 7.19. The van der Waals surface area contributed by atoms with Gasteiger partial charge < -0.3 is 19.7 Å². The SMILES string of the molecule is O=C(Nc1cn[nH]c1-c1cc(Cl)ccc1OC(F)F)c1cnn2cccnc12.O=C1CCCN1CCN1CCOCC1. The first-order valence-corrected chi connectivity index (χ1v) is 13.7. The Balaban J connectivity index is 0.000000211. The Morgan fingerprint density at radius 1 is 1.19 bits per heavy atom. The smallest absolute Gasteiger partial charge is 0.387 e. The first-order valence-electron chi connectivity index (χ1n) is 13.3. The van der Waals surface area contributed by atoms with E-state index in [9.17, 15) is 18.4 Å². The van der Waals surface area contributed by atoms with Crippen LogP contribution in [0.15, 0.2) is 49.1 Å². The van der Waals surface area contributed by atoms with Gasteiger partial charge in [0.05, 0.1) is 37.0 Å². The van der Waals surface area contributed by atoms with Gasteiger partial charge in [0.2, 0.25) is 5.91 Å². The summed E-state index contributed by atoms with van der Waals surface area (Å²) in [5.41, 5.74) is 1.34. The molecule has 0 spiro atoms. The van der Waals surface area contributed by atoms with Crippen LogP contribution in [-0.4, -0.2) is 99.0 Å². The van der Waals surface area contributed by atoms with Gasteiger partial charge in [-0.15, -0.1) is 0 Å². The lowest BCUT2D eigenvalue weighted by Gasteiger charge is -2.28. The van der Waals surface area contributed by atoms with Crippen LogP contribution in [0.3, 0.4) is 0 Å². The van der Waals surface area contributed by atoms with E-state index in [0.717, 1.165) is 58.8 Å². The summed E-state index contributed by atoms with van der Waals surface area (Å²) < 4.78 is 36.7. The van der Waals surface area contributed by atoms with Crippen LogP contribution in [0, 0.1) is 0 Å². The molecule has 2 amide bonds. The van der Waals surface area contributed by atoms with Crippen molar-refractivity contribution in [2.75, 3.05) is 51.3 Å². The molecule has 2 fully saturated rings. The quantitative estimate of drug-likeness (QED) is 0.313. The maximum atomic E-state index is 12.7. The fourth-order valence-corrected chi connectivity index (χ4v) is 4.86. The summed E-state index contributed by atoms with van der Waals surface area (Å²) >= 11 is 5.99. The molecular formula is C27H29ClF2N8O4. The Kier molecular flexibility index (Phi) is 9.56. The third-order valence-corrected chi connectivity index (χ3v) is 7.03. The minimum Gasteiger partial charge on any atom is -0.434 e. The van der Waals surface area contributed by atoms with Crippen molar-refractivity contribution in [3.05, 3.63) is 59.6 Å². The number of anilines is 1. The molecule has 2 aliphatic rings. The molecule has 222 valence electrons. The van der Waals surface area contributed by atoms with Gasteiger partial charge in [-0.3, -0.25) is 19.6 Å². The normalized spacial score (nSPS) is 15.6. The molecule has 15 heteroatoms. The number of rotatable bonds is 8. The predicted octanol–water partition coefficient (Wildman–Crippen LogP) is 3.57. The van der Waals surface area contributed by atoms with Crippen molar-refractivity contribution in [3.63, 3.8) is 0 Å². The van der Waals surface area contributed by atoms with Crippen molar-refractivity contribution in [2.24, 2.45) is 0 Å². The van der Waals surface area contributed by atoms with Gasteiger partial charge in [-0.25, -0.2) is 9.50 Å². The summed E-state index contributed by atoms with van der Waals surface area (Å²) in [4.78, 5) is 32.5. The van der Waals surface area contributed by atoms with E-state index >= 15 is 0 Å². The molecule has 0 radical (unpaired) electrons. The number of fused-ring (bicyclic) bond motifs is 1. The monoisotopic (exact) mass is 602 g/mol. The molecule has 6 rings (SSSR count). The second-order valence-electron chi connectivity index (χ2n) is 9.52. The van der Waals surface area contributed by atoms with Gasteiger partial charge in [-0.05, 0) is 30.7 Å². The van der Waals surface area contributed by atoms with Gasteiger partial charge in [-0.1, -0.05) is 11.6 Å². The maximum Gasteiger partial charge on any atom is 0.387 e. The molecule has 0 saturated carbocycles. The molecule has 2 saturated heterocycles. The van der Waals surface area contributed by atoms with E-state index in [0.29, 0.717) is 16.6 Å². The summed E-state index contributed by atoms with van der Waals surface area (Å²) in [6.45, 7) is 3.56. The zero-order chi connectivity index (χ0) is 29.5. The lowest BCUT2D eigenvalue weighted by Crippen LogP contribution is -2.41. The highest BCUT2D eigenvalue weighted by atomic mass is 35.5. The summed E-state index contributed by atoms with van der Waals surface area (Å²) in [7, 11) is 0. The molecule has 5 heterocycles. The minimum absolute atomic E-state index is 0.114. The van der Waals surface area contributed by atoms with E-state index in [1.54, 1.807) is 12.3 Å². The Labute approximate surface area is 244 Å². The number of aromatic nitrogens is 5. The zero-order valence-corrected chi connectivity index (χ0v) is 23.3. The van der Waals surface area contributed by atoms with Gasteiger partial charge in [0.15, 0.2) is 5.65 Å². The fourth-order valence-electron chi connectivity index (χ4n) is 4.69. The van der Waals surface area contributed by atoms with Gasteiger partial charge in [0.1, 0.15) is 11.3 Å². The van der Waals surface area contributed by atoms with Crippen molar-refractivity contribution in [1.29, 1.82) is 0 Å². The molecule has 2 N–H and O–H groups in total. The highest BCUT2D eigenvalue weighted by Crippen LogP contribution is 2.36. The van der Waals surface area contributed by atoms with Crippen molar-refractivity contribution < 1.29 is 27.8 Å². The maximum absolute atomic E-state index is 12.7. The number of benzene rings is 1. The lowest BCUT2D eigenvalue weighted by atomic mass is 10.1. The molecule has 2 aliphatic heterocycles. The number of carbonyl (C=O) groups is 2. The number of hydrogen-bond donors (Lipinski definition) is 2. The number of likely N-dealkylation sites (tertiary alicyclic amines) is 1. The topological polar surface area (TPSA) is 130 Å². The van der Waals surface area contributed by atoms with E-state index in [1.807, 2.05) is 4.90 Å². The summed E-state index contributed by atoms with van der Waals surface area (Å²) in [6, 6.07) is 5.84. The Morgan fingerprint density at radius 2 is 2.02 bits per heavy atom. The Hall–Kier alpha value is -4.14. The van der Waals surface area contributed by atoms with Gasteiger partial charge in [0.25, 0.3) is 5.91 Å². The van der Waals surface area contributed by atoms with E-state index < -0.39 is 12.5 Å². The molecule has 4 aromatic rings. The van der Waals surface area contributed by atoms with Crippen LogP contribution in [-0.2, 0) is 9.53 Å². The number of H-pyrrole nitrogens is 1. The van der Waals surface area contributed by atoms with E-state index in [-0.39, 0.29) is 28.3 Å². The number of morpholine rings is 1. The largest absolute Gasteiger partial charge is 0.434 e. The number of aromatic amines is 1. The molecule has 0 unspecified atom stereocenters. The number of ether oxygens (including phenoxy) is 2. The summed E-state index contributed by atoms with van der Waals surface area (Å²) in [5.74, 6) is -0.273. The lowest BCUT2D eigenvalue weighted by molar-refractivity contribution is -0.128. The van der Waals surface area contributed by atoms with Crippen LogP contribution in [0.4, 0.5) is 14.5 Å². The molecule has 0 bridgehead atoms. The third-order valence-electron chi connectivity index (χ3n) is 6.80. The standard InChI is InChI=1S/C17H11ClF2N6O2.C10H18N2O2/c18-9-2-3-13(28-17(19)20)10(6-9)14-12(8-22-25-14)24-16(27)11-7-23-26-5-1-4-21-15(11)26;13-10-2-1-3-12(10)5-4-11-6-8-14-9-7-11/h1-8,17H,(H,22,25)(H,24,27);1-9H2. The summed E-state index contributed by atoms with van der Waals surface area (Å²) in [6.07, 6.45) is 7.71. The number of carbonyl (C=O) groups excluding carboxylic acids is 2. The molecule has 12 nitrogen and oxygen atoms in total. The highest BCUT2D eigenvalue weighted by Gasteiger charge is 2.22. The van der Waals surface area contributed by atoms with E-state index in [1.165, 1.54) is 41.3 Å². The van der Waals surface area contributed by atoms with Gasteiger partial charge in [-0.2, -0.15) is 19.0 Å². The van der Waals surface area contributed by atoms with Crippen LogP contribution in [0.25, 0.3) is 16.9 Å². The minimum atomic E-state index is -3.02. The second kappa shape index (κ2) is 13.7. The van der Waals surface area contributed by atoms with Gasteiger partial charge >= 0.3 is 6.61 Å². The molecule has 3 aromatic heterocycles. The number of nitrogens with zero attached hydrogens (tertiary/aromatic N) is 6. The fraction of sp³-hybridized carbons (Fsp3) is 0.370. The molecular weight excluding hydrogens is 574 g/mol. The second-order valence-corrected chi connectivity index (χ2v) is 9.95. The number of hydrogen-bond acceptors (Lipinski definition) is 8. The van der Waals surface area contributed by atoms with Gasteiger partial charge in [0, 0.05) is 62.1 Å². The van der Waals surface area contributed by atoms with Crippen LogP contribution in [0.5, 0.6) is 5.75 Å². The van der Waals surface area contributed by atoms with Crippen LogP contribution >= 0.6 is 11.6 Å². The van der Waals surface area contributed by atoms with Crippen LogP contribution in [0.1, 0.15) is 23.2 Å². The highest BCUT2D eigenvalue weighted by molar-refractivity contribution is 6.31. The molecule has 0 aliphatic carbocycles. The number of nitrogens with one attached hydrogen (secondary N) is 2. The van der Waals surface area contributed by atoms with E-state index in [2.05, 4.69) is 35.2 Å². The average molecular weight is 603 g/mol. The molecule has 0 atom stereocenters. The molecule has 42 heavy (non-hydrogen) atoms. The summed E-state index contributed by atoms with van der Waals surface area (Å²) in [5, 5.41) is 13.6. The first kappa shape index (κ1) is 29.4. The number of alkyl halides is 2. The van der Waals surface area contributed by atoms with Crippen LogP contribution < -0.4 is 10.1 Å². The van der Waals surface area contributed by atoms with E-state index in [4.69, 9.17) is 16.3 Å².